The topological polar surface area (TPSA) is 37.8 Å². The normalized spacial score (nSPS) is 16.4. The number of rotatable bonds is 0. The molecule has 0 bridgehead atoms. The summed E-state index contributed by atoms with van der Waals surface area (Å²) >= 11 is 1.77. The molecule has 1 aromatic heterocycles. The van der Waals surface area contributed by atoms with Crippen LogP contribution in [0.4, 0.5) is 5.69 Å². The highest BCUT2D eigenvalue weighted by Crippen LogP contribution is 2.26. The Balaban J connectivity index is 2.33. The Hall–Kier alpha value is -0.770. The summed E-state index contributed by atoms with van der Waals surface area (Å²) in [5, 5.41) is 12.2. The average Bonchev–Trinajstić information content (AvgIpc) is 2.28. The monoisotopic (exact) mass is 167 g/mol. The third-order valence-electron chi connectivity index (χ3n) is 1.56. The molecule has 58 valence electrons. The Bertz CT molecular complexity index is 226. The van der Waals surface area contributed by atoms with Crippen LogP contribution in [0, 0.1) is 0 Å². The second kappa shape index (κ2) is 3.09. The maximum atomic E-state index is 4.03. The maximum Gasteiger partial charge on any atom is 0.142 e. The van der Waals surface area contributed by atoms with Crippen LogP contribution in [0.25, 0.3) is 0 Å². The molecule has 0 atom stereocenters. The third kappa shape index (κ3) is 1.45. The first-order chi connectivity index (χ1) is 5.47. The van der Waals surface area contributed by atoms with Gasteiger partial charge in [-0.2, -0.15) is 5.10 Å². The fourth-order valence-electron chi connectivity index (χ4n) is 1.02. The molecule has 2 heterocycles. The first-order valence-corrected chi connectivity index (χ1v) is 4.64. The Morgan fingerprint density at radius 2 is 2.55 bits per heavy atom. The van der Waals surface area contributed by atoms with Gasteiger partial charge in [0.2, 0.25) is 0 Å². The second-order valence-electron chi connectivity index (χ2n) is 2.38. The Morgan fingerprint density at radius 1 is 1.55 bits per heavy atom. The zero-order valence-electron chi connectivity index (χ0n) is 6.08. The van der Waals surface area contributed by atoms with Gasteiger partial charge in [-0.15, -0.1) is 16.9 Å². The summed E-state index contributed by atoms with van der Waals surface area (Å²) in [6, 6.07) is 1.97. The standard InChI is InChI=1S/C7H9N3S/c1-3-8-6-2-4-9-10-7(6)11-5-1/h2,4,8H,1,3,5H2. The molecule has 1 aliphatic rings. The molecule has 2 rings (SSSR count). The summed E-state index contributed by atoms with van der Waals surface area (Å²) in [5.74, 6) is 1.14. The highest BCUT2D eigenvalue weighted by atomic mass is 32.2. The van der Waals surface area contributed by atoms with Crippen LogP contribution in [0.15, 0.2) is 17.3 Å². The number of fused-ring (bicyclic) bond motifs is 1. The molecule has 11 heavy (non-hydrogen) atoms. The molecule has 0 saturated heterocycles. The zero-order valence-corrected chi connectivity index (χ0v) is 6.90. The molecule has 0 fully saturated rings. The quantitative estimate of drug-likeness (QED) is 0.633. The van der Waals surface area contributed by atoms with Gasteiger partial charge < -0.3 is 5.32 Å². The van der Waals surface area contributed by atoms with Crippen molar-refractivity contribution in [3.8, 4) is 0 Å². The molecule has 0 saturated carbocycles. The van der Waals surface area contributed by atoms with Crippen molar-refractivity contribution in [2.75, 3.05) is 17.6 Å². The summed E-state index contributed by atoms with van der Waals surface area (Å²) in [4.78, 5) is 0. The highest BCUT2D eigenvalue weighted by Gasteiger charge is 2.07. The Morgan fingerprint density at radius 3 is 3.55 bits per heavy atom. The number of thioether (sulfide) groups is 1. The fourth-order valence-corrected chi connectivity index (χ4v) is 1.91. The predicted octanol–water partition coefficient (Wildman–Crippen LogP) is 1.38. The van der Waals surface area contributed by atoms with E-state index in [0.29, 0.717) is 0 Å². The predicted molar refractivity (Wildman–Crippen MR) is 45.9 cm³/mol. The maximum absolute atomic E-state index is 4.03. The van der Waals surface area contributed by atoms with Crippen molar-refractivity contribution >= 4 is 17.4 Å². The van der Waals surface area contributed by atoms with Crippen LogP contribution in [0.5, 0.6) is 0 Å². The van der Waals surface area contributed by atoms with Crippen molar-refractivity contribution in [3.63, 3.8) is 0 Å². The van der Waals surface area contributed by atoms with Crippen LogP contribution in [0.2, 0.25) is 0 Å². The molecule has 1 N–H and O–H groups in total. The van der Waals surface area contributed by atoms with Gasteiger partial charge in [-0.3, -0.25) is 0 Å². The molecule has 0 aromatic carbocycles. The summed E-state index contributed by atoms with van der Waals surface area (Å²) in [7, 11) is 0. The van der Waals surface area contributed by atoms with E-state index in [2.05, 4.69) is 15.5 Å². The number of nitrogens with zero attached hydrogens (tertiary/aromatic N) is 2. The van der Waals surface area contributed by atoms with E-state index in [9.17, 15) is 0 Å². The molecule has 0 unspecified atom stereocenters. The Kier molecular flexibility index (Phi) is 1.94. The van der Waals surface area contributed by atoms with Crippen molar-refractivity contribution < 1.29 is 0 Å². The van der Waals surface area contributed by atoms with E-state index in [0.717, 1.165) is 23.0 Å². The van der Waals surface area contributed by atoms with Crippen LogP contribution in [0.1, 0.15) is 6.42 Å². The van der Waals surface area contributed by atoms with E-state index >= 15 is 0 Å². The molecule has 1 aliphatic heterocycles. The first kappa shape index (κ1) is 6.91. The third-order valence-corrected chi connectivity index (χ3v) is 2.63. The average molecular weight is 167 g/mol. The minimum absolute atomic E-state index is 1.03. The van der Waals surface area contributed by atoms with E-state index in [1.165, 1.54) is 6.42 Å². The van der Waals surface area contributed by atoms with Gasteiger partial charge in [0, 0.05) is 12.3 Å². The van der Waals surface area contributed by atoms with Crippen LogP contribution >= 0.6 is 11.8 Å². The summed E-state index contributed by atoms with van der Waals surface area (Å²) < 4.78 is 0. The summed E-state index contributed by atoms with van der Waals surface area (Å²) in [6.45, 7) is 1.05. The number of hydrogen-bond donors (Lipinski definition) is 1. The van der Waals surface area contributed by atoms with Gasteiger partial charge in [-0.05, 0) is 12.5 Å². The lowest BCUT2D eigenvalue weighted by molar-refractivity contribution is 0.928. The minimum Gasteiger partial charge on any atom is -0.383 e. The minimum atomic E-state index is 1.03. The van der Waals surface area contributed by atoms with Gasteiger partial charge >= 0.3 is 0 Å². The van der Waals surface area contributed by atoms with E-state index in [1.54, 1.807) is 18.0 Å². The van der Waals surface area contributed by atoms with Gasteiger partial charge in [0.1, 0.15) is 5.03 Å². The molecule has 3 nitrogen and oxygen atoms in total. The van der Waals surface area contributed by atoms with Crippen molar-refractivity contribution in [2.24, 2.45) is 0 Å². The highest BCUT2D eigenvalue weighted by molar-refractivity contribution is 7.99. The molecule has 4 heteroatoms. The molecular formula is C7H9N3S. The number of anilines is 1. The fraction of sp³-hybridized carbons (Fsp3) is 0.429. The molecule has 0 radical (unpaired) electrons. The van der Waals surface area contributed by atoms with Crippen molar-refractivity contribution in [3.05, 3.63) is 12.3 Å². The van der Waals surface area contributed by atoms with Crippen LogP contribution in [-0.2, 0) is 0 Å². The van der Waals surface area contributed by atoms with Gasteiger partial charge in [0.05, 0.1) is 11.9 Å². The molecular weight excluding hydrogens is 158 g/mol. The second-order valence-corrected chi connectivity index (χ2v) is 3.46. The van der Waals surface area contributed by atoms with E-state index in [4.69, 9.17) is 0 Å². The zero-order chi connectivity index (χ0) is 7.52. The van der Waals surface area contributed by atoms with Crippen molar-refractivity contribution in [2.45, 2.75) is 11.4 Å². The Labute approximate surface area is 69.6 Å². The summed E-state index contributed by atoms with van der Waals surface area (Å²) in [5.41, 5.74) is 1.13. The smallest absolute Gasteiger partial charge is 0.142 e. The van der Waals surface area contributed by atoms with Gasteiger partial charge in [-0.25, -0.2) is 0 Å². The van der Waals surface area contributed by atoms with E-state index < -0.39 is 0 Å². The largest absolute Gasteiger partial charge is 0.383 e. The van der Waals surface area contributed by atoms with Gasteiger partial charge in [-0.1, -0.05) is 0 Å². The van der Waals surface area contributed by atoms with E-state index in [-0.39, 0.29) is 0 Å². The van der Waals surface area contributed by atoms with Gasteiger partial charge in [0.25, 0.3) is 0 Å². The molecule has 0 aliphatic carbocycles. The molecule has 1 aromatic rings. The lowest BCUT2D eigenvalue weighted by Crippen LogP contribution is -2.00. The number of hydrogen-bond acceptors (Lipinski definition) is 4. The van der Waals surface area contributed by atoms with Crippen LogP contribution in [-0.4, -0.2) is 22.5 Å². The lowest BCUT2D eigenvalue weighted by atomic mass is 10.4. The number of aromatic nitrogens is 2. The molecule has 0 spiro atoms. The van der Waals surface area contributed by atoms with E-state index in [1.807, 2.05) is 6.07 Å². The number of nitrogens with one attached hydrogen (secondary N) is 1. The van der Waals surface area contributed by atoms with Crippen molar-refractivity contribution in [1.82, 2.24) is 10.2 Å². The first-order valence-electron chi connectivity index (χ1n) is 3.65. The SMILES string of the molecule is c1cc2c(nn1)SCCCN2. The van der Waals surface area contributed by atoms with Gasteiger partial charge in [0.15, 0.2) is 0 Å². The van der Waals surface area contributed by atoms with Crippen LogP contribution < -0.4 is 5.32 Å². The lowest BCUT2D eigenvalue weighted by Gasteiger charge is -2.02. The molecule has 0 amide bonds. The summed E-state index contributed by atoms with van der Waals surface area (Å²) in [6.07, 6.45) is 2.92. The van der Waals surface area contributed by atoms with Crippen molar-refractivity contribution in [1.29, 1.82) is 0 Å². The van der Waals surface area contributed by atoms with Crippen LogP contribution in [0.3, 0.4) is 0 Å².